The second kappa shape index (κ2) is 7.25. The van der Waals surface area contributed by atoms with Crippen molar-refractivity contribution in [1.82, 2.24) is 10.3 Å². The van der Waals surface area contributed by atoms with Crippen LogP contribution in [0.5, 0.6) is 0 Å². The maximum absolute atomic E-state index is 12.1. The number of aromatic nitrogens is 1. The van der Waals surface area contributed by atoms with E-state index in [0.29, 0.717) is 24.6 Å². The van der Waals surface area contributed by atoms with E-state index < -0.39 is 10.0 Å². The third-order valence-corrected chi connectivity index (χ3v) is 5.47. The molecule has 2 amide bonds. The van der Waals surface area contributed by atoms with Gasteiger partial charge in [-0.3, -0.25) is 0 Å². The number of oxazole rings is 1. The van der Waals surface area contributed by atoms with Crippen LogP contribution in [0.2, 0.25) is 0 Å². The van der Waals surface area contributed by atoms with Crippen molar-refractivity contribution in [1.29, 1.82) is 0 Å². The highest BCUT2D eigenvalue weighted by atomic mass is 32.2. The third-order valence-electron chi connectivity index (χ3n) is 4.54. The zero-order valence-corrected chi connectivity index (χ0v) is 15.8. The molecule has 0 aliphatic heterocycles. The molecular weight excluding hydrogens is 380 g/mol. The minimum atomic E-state index is -3.70. The molecule has 1 heterocycles. The summed E-state index contributed by atoms with van der Waals surface area (Å²) in [4.78, 5) is 16.6. The number of rotatable bonds is 6. The van der Waals surface area contributed by atoms with E-state index in [0.717, 1.165) is 35.4 Å². The minimum absolute atomic E-state index is 0.0649. The molecule has 1 fully saturated rings. The summed E-state index contributed by atoms with van der Waals surface area (Å²) in [5.41, 5.74) is 2.98. The van der Waals surface area contributed by atoms with E-state index in [4.69, 9.17) is 9.56 Å². The highest BCUT2D eigenvalue weighted by Crippen LogP contribution is 2.40. The van der Waals surface area contributed by atoms with Gasteiger partial charge in [-0.1, -0.05) is 12.1 Å². The molecule has 0 spiro atoms. The number of carbonyl (C=O) groups excluding carboxylic acids is 1. The Kier molecular flexibility index (Phi) is 4.78. The van der Waals surface area contributed by atoms with Gasteiger partial charge >= 0.3 is 6.03 Å². The van der Waals surface area contributed by atoms with Crippen molar-refractivity contribution in [3.8, 4) is 0 Å². The average molecular weight is 400 g/mol. The van der Waals surface area contributed by atoms with E-state index in [1.165, 1.54) is 12.1 Å². The molecule has 28 heavy (non-hydrogen) atoms. The molecule has 0 radical (unpaired) electrons. The first kappa shape index (κ1) is 18.5. The summed E-state index contributed by atoms with van der Waals surface area (Å²) in [5.74, 6) is 1.20. The number of nitrogens with one attached hydrogen (secondary N) is 2. The molecule has 4 rings (SSSR count). The van der Waals surface area contributed by atoms with Crippen molar-refractivity contribution >= 4 is 32.8 Å². The number of hydrogen-bond donors (Lipinski definition) is 3. The normalized spacial score (nSPS) is 14.2. The van der Waals surface area contributed by atoms with Gasteiger partial charge in [-0.25, -0.2) is 23.3 Å². The minimum Gasteiger partial charge on any atom is -0.440 e. The van der Waals surface area contributed by atoms with Gasteiger partial charge in [0.15, 0.2) is 11.5 Å². The summed E-state index contributed by atoms with van der Waals surface area (Å²) in [5, 5.41) is 10.6. The van der Waals surface area contributed by atoms with Crippen LogP contribution in [-0.4, -0.2) is 26.0 Å². The Hall–Kier alpha value is -2.91. The molecule has 8 nitrogen and oxygen atoms in total. The molecule has 0 unspecified atom stereocenters. The van der Waals surface area contributed by atoms with Crippen molar-refractivity contribution in [3.63, 3.8) is 0 Å². The second-order valence-corrected chi connectivity index (χ2v) is 8.39. The molecule has 9 heteroatoms. The van der Waals surface area contributed by atoms with Crippen LogP contribution in [0.15, 0.2) is 51.8 Å². The molecule has 4 N–H and O–H groups in total. The Labute approximate surface area is 162 Å². The smallest absolute Gasteiger partial charge is 0.319 e. The Morgan fingerprint density at radius 2 is 1.93 bits per heavy atom. The molecule has 1 aliphatic carbocycles. The van der Waals surface area contributed by atoms with Crippen molar-refractivity contribution in [3.05, 3.63) is 53.9 Å². The van der Waals surface area contributed by atoms with Crippen LogP contribution in [0.3, 0.4) is 0 Å². The van der Waals surface area contributed by atoms with Crippen LogP contribution in [0, 0.1) is 0 Å². The predicted molar refractivity (Wildman–Crippen MR) is 105 cm³/mol. The Balaban J connectivity index is 1.30. The average Bonchev–Trinajstić information content (AvgIpc) is 3.41. The number of nitrogens with two attached hydrogens (primary N) is 1. The van der Waals surface area contributed by atoms with Gasteiger partial charge in [0.05, 0.1) is 4.90 Å². The fraction of sp³-hybridized carbons (Fsp3) is 0.263. The fourth-order valence-corrected chi connectivity index (χ4v) is 3.38. The lowest BCUT2D eigenvalue weighted by Crippen LogP contribution is -2.30. The fourth-order valence-electron chi connectivity index (χ4n) is 2.87. The van der Waals surface area contributed by atoms with Gasteiger partial charge in [-0.05, 0) is 55.2 Å². The summed E-state index contributed by atoms with van der Waals surface area (Å²) in [6.45, 7) is 0.401. The topological polar surface area (TPSA) is 127 Å². The predicted octanol–water partition coefficient (Wildman–Crippen LogP) is 2.72. The van der Waals surface area contributed by atoms with Gasteiger partial charge in [0, 0.05) is 18.2 Å². The number of urea groups is 1. The van der Waals surface area contributed by atoms with Gasteiger partial charge in [-0.15, -0.1) is 0 Å². The van der Waals surface area contributed by atoms with Crippen LogP contribution in [0.1, 0.15) is 30.2 Å². The summed E-state index contributed by atoms with van der Waals surface area (Å²) in [6.07, 6.45) is 2.79. The zero-order chi connectivity index (χ0) is 19.7. The monoisotopic (exact) mass is 400 g/mol. The lowest BCUT2D eigenvalue weighted by molar-refractivity contribution is 0.252. The number of primary sulfonamides is 1. The molecule has 1 aliphatic rings. The standard InChI is InChI=1S/C19H20N4O4S/c20-28(25,26)15-6-1-12(2-7-15)9-10-21-19(24)22-14-5-8-17-16(11-14)23-18(27-17)13-3-4-13/h1-2,5-8,11,13H,3-4,9-10H2,(H2,20,25,26)(H2,21,22,24). The van der Waals surface area contributed by atoms with Crippen molar-refractivity contribution in [2.45, 2.75) is 30.1 Å². The molecule has 2 aromatic carbocycles. The quantitative estimate of drug-likeness (QED) is 0.586. The summed E-state index contributed by atoms with van der Waals surface area (Å²) < 4.78 is 28.2. The van der Waals surface area contributed by atoms with Gasteiger partial charge in [-0.2, -0.15) is 0 Å². The summed E-state index contributed by atoms with van der Waals surface area (Å²) in [7, 11) is -3.70. The van der Waals surface area contributed by atoms with Gasteiger partial charge in [0.1, 0.15) is 5.52 Å². The van der Waals surface area contributed by atoms with E-state index in [1.54, 1.807) is 30.3 Å². The summed E-state index contributed by atoms with van der Waals surface area (Å²) >= 11 is 0. The number of nitrogens with zero attached hydrogens (tertiary/aromatic N) is 1. The van der Waals surface area contributed by atoms with Gasteiger partial charge in [0.25, 0.3) is 0 Å². The SMILES string of the molecule is NS(=O)(=O)c1ccc(CCNC(=O)Nc2ccc3oc(C4CC4)nc3c2)cc1. The first-order chi connectivity index (χ1) is 13.4. The molecule has 0 atom stereocenters. The number of hydrogen-bond acceptors (Lipinski definition) is 5. The highest BCUT2D eigenvalue weighted by Gasteiger charge is 2.28. The second-order valence-electron chi connectivity index (χ2n) is 6.83. The van der Waals surface area contributed by atoms with E-state index in [9.17, 15) is 13.2 Å². The molecule has 146 valence electrons. The molecule has 1 saturated carbocycles. The van der Waals surface area contributed by atoms with Crippen LogP contribution < -0.4 is 15.8 Å². The van der Waals surface area contributed by atoms with Crippen molar-refractivity contribution < 1.29 is 17.6 Å². The molecular formula is C19H20N4O4S. The Morgan fingerprint density at radius 1 is 1.18 bits per heavy atom. The summed E-state index contributed by atoms with van der Waals surface area (Å²) in [6, 6.07) is 11.3. The largest absolute Gasteiger partial charge is 0.440 e. The Morgan fingerprint density at radius 3 is 2.61 bits per heavy atom. The van der Waals surface area contributed by atoms with Crippen LogP contribution >= 0.6 is 0 Å². The lowest BCUT2D eigenvalue weighted by Gasteiger charge is -2.08. The van der Waals surface area contributed by atoms with E-state index >= 15 is 0 Å². The van der Waals surface area contributed by atoms with Gasteiger partial charge in [0.2, 0.25) is 10.0 Å². The zero-order valence-electron chi connectivity index (χ0n) is 15.0. The van der Waals surface area contributed by atoms with Crippen molar-refractivity contribution in [2.75, 3.05) is 11.9 Å². The Bertz CT molecular complexity index is 1120. The van der Waals surface area contributed by atoms with Crippen LogP contribution in [0.4, 0.5) is 10.5 Å². The maximum atomic E-state index is 12.1. The highest BCUT2D eigenvalue weighted by molar-refractivity contribution is 7.89. The number of anilines is 1. The van der Waals surface area contributed by atoms with E-state index in [1.807, 2.05) is 0 Å². The number of amides is 2. The third kappa shape index (κ3) is 4.32. The van der Waals surface area contributed by atoms with Crippen LogP contribution in [-0.2, 0) is 16.4 Å². The first-order valence-electron chi connectivity index (χ1n) is 8.95. The lowest BCUT2D eigenvalue weighted by atomic mass is 10.1. The van der Waals surface area contributed by atoms with Crippen LogP contribution in [0.25, 0.3) is 11.1 Å². The number of benzene rings is 2. The number of fused-ring (bicyclic) bond motifs is 1. The number of carbonyl (C=O) groups is 1. The van der Waals surface area contributed by atoms with Gasteiger partial charge < -0.3 is 15.1 Å². The van der Waals surface area contributed by atoms with E-state index in [2.05, 4.69) is 15.6 Å². The maximum Gasteiger partial charge on any atom is 0.319 e. The number of sulfonamides is 1. The first-order valence-corrected chi connectivity index (χ1v) is 10.5. The molecule has 0 saturated heterocycles. The molecule has 0 bridgehead atoms. The molecule has 1 aromatic heterocycles. The van der Waals surface area contributed by atoms with Crippen molar-refractivity contribution in [2.24, 2.45) is 5.14 Å². The molecule has 3 aromatic rings. The van der Waals surface area contributed by atoms with E-state index in [-0.39, 0.29) is 10.9 Å².